The summed E-state index contributed by atoms with van der Waals surface area (Å²) in [4.78, 5) is 46.2. The monoisotopic (exact) mass is 426 g/mol. The maximum Gasteiger partial charge on any atom is 0.236 e. The number of para-hydroxylation sites is 1. The number of rotatable bonds is 5. The Morgan fingerprint density at radius 2 is 1.68 bits per heavy atom. The molecule has 0 spiro atoms. The van der Waals surface area contributed by atoms with Crippen LogP contribution >= 0.6 is 0 Å². The fourth-order valence-corrected chi connectivity index (χ4v) is 5.04. The second kappa shape index (κ2) is 9.81. The number of carbonyl (C=O) groups excluding carboxylic acids is 3. The molecule has 0 saturated carbocycles. The molecule has 1 unspecified atom stereocenters. The molecular weight excluding hydrogens is 392 g/mol. The van der Waals surface area contributed by atoms with Gasteiger partial charge in [-0.1, -0.05) is 25.1 Å². The molecule has 1 aromatic carbocycles. The Balaban J connectivity index is 1.33. The molecule has 3 fully saturated rings. The summed E-state index contributed by atoms with van der Waals surface area (Å²) in [6.45, 7) is 7.63. The third kappa shape index (κ3) is 4.92. The number of hydrogen-bond acceptors (Lipinski definition) is 4. The van der Waals surface area contributed by atoms with Gasteiger partial charge in [0.2, 0.25) is 17.7 Å². The summed E-state index contributed by atoms with van der Waals surface area (Å²) in [5.41, 5.74) is 2.07. The van der Waals surface area contributed by atoms with Gasteiger partial charge in [0.05, 0.1) is 12.5 Å². The van der Waals surface area contributed by atoms with Gasteiger partial charge >= 0.3 is 0 Å². The summed E-state index contributed by atoms with van der Waals surface area (Å²) in [5.74, 6) is 0.0450. The van der Waals surface area contributed by atoms with Crippen molar-refractivity contribution in [1.29, 1.82) is 0 Å². The molecule has 3 aliphatic heterocycles. The van der Waals surface area contributed by atoms with E-state index in [0.717, 1.165) is 56.6 Å². The average molecular weight is 427 g/mol. The smallest absolute Gasteiger partial charge is 0.236 e. The molecule has 0 aliphatic carbocycles. The van der Waals surface area contributed by atoms with Crippen LogP contribution < -0.4 is 4.90 Å². The van der Waals surface area contributed by atoms with Gasteiger partial charge in [0.15, 0.2) is 0 Å². The lowest BCUT2D eigenvalue weighted by molar-refractivity contribution is -0.135. The van der Waals surface area contributed by atoms with Crippen molar-refractivity contribution in [3.8, 4) is 0 Å². The first kappa shape index (κ1) is 21.8. The Kier molecular flexibility index (Phi) is 6.90. The van der Waals surface area contributed by atoms with Crippen LogP contribution in [0.5, 0.6) is 0 Å². The van der Waals surface area contributed by atoms with Crippen molar-refractivity contribution >= 4 is 23.4 Å². The van der Waals surface area contributed by atoms with Crippen molar-refractivity contribution in [2.75, 3.05) is 57.3 Å². The van der Waals surface area contributed by atoms with Gasteiger partial charge in [0, 0.05) is 57.9 Å². The minimum atomic E-state index is -0.282. The maximum absolute atomic E-state index is 13.2. The Bertz CT molecular complexity index is 821. The maximum atomic E-state index is 13.2. The number of likely N-dealkylation sites (tertiary alicyclic amines) is 1. The Hall–Kier alpha value is -2.41. The van der Waals surface area contributed by atoms with E-state index >= 15 is 0 Å². The second-order valence-electron chi connectivity index (χ2n) is 8.93. The molecule has 4 rings (SSSR count). The summed E-state index contributed by atoms with van der Waals surface area (Å²) >= 11 is 0. The highest BCUT2D eigenvalue weighted by atomic mass is 16.2. The largest absolute Gasteiger partial charge is 0.342 e. The highest BCUT2D eigenvalue weighted by molar-refractivity contribution is 6.00. The van der Waals surface area contributed by atoms with E-state index in [1.165, 1.54) is 0 Å². The molecule has 0 radical (unpaired) electrons. The molecule has 7 nitrogen and oxygen atoms in total. The number of anilines is 1. The summed E-state index contributed by atoms with van der Waals surface area (Å²) in [6.07, 6.45) is 4.21. The van der Waals surface area contributed by atoms with Gasteiger partial charge < -0.3 is 14.7 Å². The third-order valence-electron chi connectivity index (χ3n) is 6.86. The third-order valence-corrected chi connectivity index (χ3v) is 6.86. The molecule has 31 heavy (non-hydrogen) atoms. The topological polar surface area (TPSA) is 64.2 Å². The molecule has 0 bridgehead atoms. The van der Waals surface area contributed by atoms with E-state index < -0.39 is 0 Å². The second-order valence-corrected chi connectivity index (χ2v) is 8.93. The number of aryl methyl sites for hydroxylation is 1. The van der Waals surface area contributed by atoms with Crippen molar-refractivity contribution in [3.05, 3.63) is 29.8 Å². The zero-order valence-corrected chi connectivity index (χ0v) is 18.6. The zero-order chi connectivity index (χ0) is 21.8. The van der Waals surface area contributed by atoms with Crippen LogP contribution in [-0.4, -0.2) is 84.8 Å². The van der Waals surface area contributed by atoms with E-state index in [1.807, 2.05) is 34.1 Å². The standard InChI is InChI=1S/C24H34N4O3/c1-2-19-8-3-4-9-21(19)28-17-20(16-22(28)29)24(31)27-13-7-10-25(14-15-27)18-23(30)26-11-5-6-12-26/h3-4,8-9,20H,2,5-7,10-18H2,1H3. The van der Waals surface area contributed by atoms with Crippen molar-refractivity contribution in [3.63, 3.8) is 0 Å². The van der Waals surface area contributed by atoms with Crippen molar-refractivity contribution in [1.82, 2.24) is 14.7 Å². The fraction of sp³-hybridized carbons (Fsp3) is 0.625. The molecule has 168 valence electrons. The molecule has 3 saturated heterocycles. The lowest BCUT2D eigenvalue weighted by Crippen LogP contribution is -2.42. The van der Waals surface area contributed by atoms with Crippen LogP contribution in [0.2, 0.25) is 0 Å². The summed E-state index contributed by atoms with van der Waals surface area (Å²) < 4.78 is 0. The predicted molar refractivity (Wildman–Crippen MR) is 120 cm³/mol. The molecular formula is C24H34N4O3. The van der Waals surface area contributed by atoms with E-state index in [4.69, 9.17) is 0 Å². The Morgan fingerprint density at radius 3 is 2.45 bits per heavy atom. The number of carbonyl (C=O) groups is 3. The number of amides is 3. The van der Waals surface area contributed by atoms with Crippen LogP contribution in [0.3, 0.4) is 0 Å². The molecule has 1 aromatic rings. The highest BCUT2D eigenvalue weighted by Crippen LogP contribution is 2.29. The summed E-state index contributed by atoms with van der Waals surface area (Å²) in [5, 5.41) is 0. The Labute approximate surface area is 185 Å². The predicted octanol–water partition coefficient (Wildman–Crippen LogP) is 1.76. The van der Waals surface area contributed by atoms with E-state index in [0.29, 0.717) is 32.7 Å². The molecule has 3 aliphatic rings. The summed E-state index contributed by atoms with van der Waals surface area (Å²) in [6, 6.07) is 7.96. The minimum absolute atomic E-state index is 0.0342. The van der Waals surface area contributed by atoms with Crippen LogP contribution in [0.25, 0.3) is 0 Å². The van der Waals surface area contributed by atoms with E-state index in [1.54, 1.807) is 4.90 Å². The summed E-state index contributed by atoms with van der Waals surface area (Å²) in [7, 11) is 0. The van der Waals surface area contributed by atoms with Gasteiger partial charge in [-0.2, -0.15) is 0 Å². The minimum Gasteiger partial charge on any atom is -0.342 e. The average Bonchev–Trinajstić information content (AvgIpc) is 3.39. The van der Waals surface area contributed by atoms with Gasteiger partial charge in [0.1, 0.15) is 0 Å². The lowest BCUT2D eigenvalue weighted by atomic mass is 10.1. The van der Waals surface area contributed by atoms with Crippen LogP contribution in [0, 0.1) is 5.92 Å². The van der Waals surface area contributed by atoms with Crippen LogP contribution in [0.1, 0.15) is 38.2 Å². The van der Waals surface area contributed by atoms with Gasteiger partial charge in [-0.15, -0.1) is 0 Å². The van der Waals surface area contributed by atoms with Gasteiger partial charge in [-0.3, -0.25) is 19.3 Å². The van der Waals surface area contributed by atoms with E-state index in [-0.39, 0.29) is 30.1 Å². The SMILES string of the molecule is CCc1ccccc1N1CC(C(=O)N2CCCN(CC(=O)N3CCCC3)CC2)CC1=O. The van der Waals surface area contributed by atoms with Gasteiger partial charge in [-0.05, 0) is 37.3 Å². The van der Waals surface area contributed by atoms with Crippen LogP contribution in [0.4, 0.5) is 5.69 Å². The van der Waals surface area contributed by atoms with Crippen molar-refractivity contribution in [2.24, 2.45) is 5.92 Å². The Morgan fingerprint density at radius 1 is 0.935 bits per heavy atom. The van der Waals surface area contributed by atoms with Gasteiger partial charge in [0.25, 0.3) is 0 Å². The van der Waals surface area contributed by atoms with E-state index in [2.05, 4.69) is 11.8 Å². The fourth-order valence-electron chi connectivity index (χ4n) is 5.04. The zero-order valence-electron chi connectivity index (χ0n) is 18.6. The van der Waals surface area contributed by atoms with Crippen LogP contribution in [0.15, 0.2) is 24.3 Å². The first-order valence-electron chi connectivity index (χ1n) is 11.7. The normalized spacial score (nSPS) is 22.8. The molecule has 1 atom stereocenters. The molecule has 7 heteroatoms. The number of benzene rings is 1. The van der Waals surface area contributed by atoms with Crippen molar-refractivity contribution < 1.29 is 14.4 Å². The van der Waals surface area contributed by atoms with Gasteiger partial charge in [-0.25, -0.2) is 0 Å². The molecule has 3 heterocycles. The van der Waals surface area contributed by atoms with E-state index in [9.17, 15) is 14.4 Å². The van der Waals surface area contributed by atoms with Crippen LogP contribution in [-0.2, 0) is 20.8 Å². The molecule has 3 amide bonds. The molecule has 0 N–H and O–H groups in total. The number of hydrogen-bond donors (Lipinski definition) is 0. The van der Waals surface area contributed by atoms with Crippen molar-refractivity contribution in [2.45, 2.75) is 39.0 Å². The first-order valence-corrected chi connectivity index (χ1v) is 11.7. The first-order chi connectivity index (χ1) is 15.1. The highest BCUT2D eigenvalue weighted by Gasteiger charge is 2.38. The lowest BCUT2D eigenvalue weighted by Gasteiger charge is -2.25. The quantitative estimate of drug-likeness (QED) is 0.720. The molecule has 0 aromatic heterocycles. The number of nitrogens with zero attached hydrogens (tertiary/aromatic N) is 4.